The van der Waals surface area contributed by atoms with Gasteiger partial charge in [-0.15, -0.1) is 0 Å². The third-order valence-corrected chi connectivity index (χ3v) is 4.84. The number of ether oxygens (including phenoxy) is 2. The highest BCUT2D eigenvalue weighted by Crippen LogP contribution is 2.50. The van der Waals surface area contributed by atoms with Crippen molar-refractivity contribution in [3.63, 3.8) is 0 Å². The average molecular weight is 254 g/mol. The molecule has 2 saturated heterocycles. The molecular weight excluding hydrogens is 232 g/mol. The van der Waals surface area contributed by atoms with Crippen LogP contribution in [0.4, 0.5) is 0 Å². The fourth-order valence-corrected chi connectivity index (χ4v) is 3.47. The number of carboxylic acid groups (broad SMARTS) is 1. The standard InChI is InChI=1S/C8H12O3.C6H10O/c1-8-5(7(9)10)3-2-4-6(8)11-8;1-2-4-6-5(3-1)7-6/h5-6H,2-4H2,1H3,(H,9,10);5-6H,1-4H2. The molecule has 2 aliphatic heterocycles. The monoisotopic (exact) mass is 254 g/mol. The van der Waals surface area contributed by atoms with Gasteiger partial charge < -0.3 is 14.6 Å². The lowest BCUT2D eigenvalue weighted by Gasteiger charge is -2.20. The predicted molar refractivity (Wildman–Crippen MR) is 65.4 cm³/mol. The van der Waals surface area contributed by atoms with Crippen molar-refractivity contribution in [3.8, 4) is 0 Å². The van der Waals surface area contributed by atoms with Gasteiger partial charge in [0.25, 0.3) is 0 Å². The van der Waals surface area contributed by atoms with Gasteiger partial charge in [0.15, 0.2) is 0 Å². The molecule has 0 aromatic heterocycles. The first kappa shape index (κ1) is 12.4. The van der Waals surface area contributed by atoms with Crippen molar-refractivity contribution in [2.45, 2.75) is 75.8 Å². The average Bonchev–Trinajstić information content (AvgIpc) is 3.21. The molecule has 1 N–H and O–H groups in total. The molecule has 0 aromatic carbocycles. The Morgan fingerprint density at radius 1 is 1.11 bits per heavy atom. The number of epoxide rings is 2. The van der Waals surface area contributed by atoms with Crippen molar-refractivity contribution in [1.82, 2.24) is 0 Å². The summed E-state index contributed by atoms with van der Waals surface area (Å²) in [6, 6.07) is 0. The van der Waals surface area contributed by atoms with Gasteiger partial charge in [-0.25, -0.2) is 0 Å². The first-order valence-corrected chi connectivity index (χ1v) is 7.17. The molecule has 102 valence electrons. The van der Waals surface area contributed by atoms with Crippen LogP contribution in [-0.2, 0) is 14.3 Å². The van der Waals surface area contributed by atoms with Crippen LogP contribution in [0.2, 0.25) is 0 Å². The van der Waals surface area contributed by atoms with Crippen LogP contribution in [0.5, 0.6) is 0 Å². The maximum atomic E-state index is 10.7. The van der Waals surface area contributed by atoms with Crippen LogP contribution >= 0.6 is 0 Å². The van der Waals surface area contributed by atoms with Crippen molar-refractivity contribution in [2.24, 2.45) is 5.92 Å². The Morgan fingerprint density at radius 2 is 1.78 bits per heavy atom. The molecule has 2 heterocycles. The summed E-state index contributed by atoms with van der Waals surface area (Å²) in [4.78, 5) is 10.7. The molecular formula is C14H22O4. The molecule has 0 spiro atoms. The van der Waals surface area contributed by atoms with Crippen LogP contribution < -0.4 is 0 Å². The molecule has 4 heteroatoms. The second-order valence-electron chi connectivity index (χ2n) is 6.11. The first-order chi connectivity index (χ1) is 8.61. The predicted octanol–water partition coefficient (Wildman–Crippen LogP) is 2.36. The molecule has 4 rings (SSSR count). The summed E-state index contributed by atoms with van der Waals surface area (Å²) in [6.45, 7) is 1.91. The summed E-state index contributed by atoms with van der Waals surface area (Å²) in [7, 11) is 0. The number of hydrogen-bond acceptors (Lipinski definition) is 3. The van der Waals surface area contributed by atoms with Crippen LogP contribution in [-0.4, -0.2) is 35.0 Å². The van der Waals surface area contributed by atoms with Gasteiger partial charge in [0.2, 0.25) is 0 Å². The summed E-state index contributed by atoms with van der Waals surface area (Å²) in [5.74, 6) is -0.962. The van der Waals surface area contributed by atoms with Gasteiger partial charge in [0.05, 0.1) is 24.2 Å². The topological polar surface area (TPSA) is 62.4 Å². The molecule has 0 aromatic rings. The molecule has 0 radical (unpaired) electrons. The highest BCUT2D eigenvalue weighted by molar-refractivity contribution is 5.72. The highest BCUT2D eigenvalue weighted by Gasteiger charge is 2.61. The fourth-order valence-electron chi connectivity index (χ4n) is 3.47. The van der Waals surface area contributed by atoms with Crippen LogP contribution in [0.25, 0.3) is 0 Å². The van der Waals surface area contributed by atoms with E-state index >= 15 is 0 Å². The Morgan fingerprint density at radius 3 is 2.28 bits per heavy atom. The van der Waals surface area contributed by atoms with E-state index in [1.807, 2.05) is 6.92 Å². The molecule has 2 saturated carbocycles. The van der Waals surface area contributed by atoms with E-state index < -0.39 is 5.97 Å². The highest BCUT2D eigenvalue weighted by atomic mass is 16.6. The zero-order valence-corrected chi connectivity index (χ0v) is 10.9. The lowest BCUT2D eigenvalue weighted by atomic mass is 9.80. The lowest BCUT2D eigenvalue weighted by Crippen LogP contribution is -2.33. The van der Waals surface area contributed by atoms with E-state index in [4.69, 9.17) is 14.6 Å². The number of carboxylic acids is 1. The lowest BCUT2D eigenvalue weighted by molar-refractivity contribution is -0.144. The van der Waals surface area contributed by atoms with E-state index in [0.29, 0.717) is 12.2 Å². The molecule has 5 atom stereocenters. The number of carbonyl (C=O) groups is 1. The molecule has 5 unspecified atom stereocenters. The Labute approximate surface area is 108 Å². The molecule has 0 bridgehead atoms. The van der Waals surface area contributed by atoms with Gasteiger partial charge in [0.1, 0.15) is 5.60 Å². The van der Waals surface area contributed by atoms with Crippen LogP contribution in [0, 0.1) is 5.92 Å². The van der Waals surface area contributed by atoms with Crippen LogP contribution in [0.3, 0.4) is 0 Å². The van der Waals surface area contributed by atoms with Gasteiger partial charge in [-0.2, -0.15) is 0 Å². The van der Waals surface area contributed by atoms with E-state index in [9.17, 15) is 4.79 Å². The Kier molecular flexibility index (Phi) is 3.10. The number of aliphatic carboxylic acids is 1. The minimum absolute atomic E-state index is 0.234. The van der Waals surface area contributed by atoms with Crippen molar-refractivity contribution >= 4 is 5.97 Å². The summed E-state index contributed by atoms with van der Waals surface area (Å²) < 4.78 is 10.6. The third-order valence-electron chi connectivity index (χ3n) is 4.84. The summed E-state index contributed by atoms with van der Waals surface area (Å²) in [5, 5.41) is 8.82. The van der Waals surface area contributed by atoms with Gasteiger partial charge in [-0.1, -0.05) is 12.8 Å². The first-order valence-electron chi connectivity index (χ1n) is 7.17. The zero-order valence-electron chi connectivity index (χ0n) is 10.9. The Bertz CT molecular complexity index is 333. The maximum absolute atomic E-state index is 10.7. The zero-order chi connectivity index (χ0) is 12.8. The van der Waals surface area contributed by atoms with Crippen molar-refractivity contribution in [2.75, 3.05) is 0 Å². The van der Waals surface area contributed by atoms with Gasteiger partial charge in [-0.3, -0.25) is 4.79 Å². The summed E-state index contributed by atoms with van der Waals surface area (Å²) in [6.07, 6.45) is 9.94. The number of fused-ring (bicyclic) bond motifs is 2. The number of hydrogen-bond donors (Lipinski definition) is 1. The summed E-state index contributed by atoms with van der Waals surface area (Å²) in [5.41, 5.74) is -0.315. The second-order valence-corrected chi connectivity index (χ2v) is 6.11. The maximum Gasteiger partial charge on any atom is 0.309 e. The smallest absolute Gasteiger partial charge is 0.309 e. The number of rotatable bonds is 1. The van der Waals surface area contributed by atoms with Gasteiger partial charge in [0, 0.05) is 0 Å². The van der Waals surface area contributed by atoms with E-state index in [1.165, 1.54) is 25.7 Å². The van der Waals surface area contributed by atoms with E-state index in [1.54, 1.807) is 0 Å². The minimum Gasteiger partial charge on any atom is -0.481 e. The summed E-state index contributed by atoms with van der Waals surface area (Å²) >= 11 is 0. The Balaban J connectivity index is 0.000000122. The molecule has 0 amide bonds. The molecule has 4 aliphatic rings. The van der Waals surface area contributed by atoms with Gasteiger partial charge >= 0.3 is 5.97 Å². The minimum atomic E-state index is -0.699. The quantitative estimate of drug-likeness (QED) is 0.730. The van der Waals surface area contributed by atoms with Gasteiger partial charge in [-0.05, 0) is 39.0 Å². The fraction of sp³-hybridized carbons (Fsp3) is 0.929. The van der Waals surface area contributed by atoms with Crippen molar-refractivity contribution in [1.29, 1.82) is 0 Å². The molecule has 4 fully saturated rings. The second kappa shape index (κ2) is 4.49. The van der Waals surface area contributed by atoms with Crippen LogP contribution in [0.1, 0.15) is 51.9 Å². The van der Waals surface area contributed by atoms with E-state index in [-0.39, 0.29) is 17.6 Å². The van der Waals surface area contributed by atoms with Crippen molar-refractivity contribution < 1.29 is 19.4 Å². The van der Waals surface area contributed by atoms with E-state index in [2.05, 4.69) is 0 Å². The molecule has 2 aliphatic carbocycles. The molecule has 4 nitrogen and oxygen atoms in total. The SMILES string of the molecule is C1CCC2OC2C1.CC12OC1CCCC2C(=O)O. The Hall–Kier alpha value is -0.610. The largest absolute Gasteiger partial charge is 0.481 e. The molecule has 18 heavy (non-hydrogen) atoms. The third kappa shape index (κ3) is 2.28. The normalized spacial score (nSPS) is 48.1. The van der Waals surface area contributed by atoms with Crippen LogP contribution in [0.15, 0.2) is 0 Å². The van der Waals surface area contributed by atoms with E-state index in [0.717, 1.165) is 19.3 Å². The van der Waals surface area contributed by atoms with Crippen molar-refractivity contribution in [3.05, 3.63) is 0 Å².